The summed E-state index contributed by atoms with van der Waals surface area (Å²) >= 11 is 0. The maximum absolute atomic E-state index is 14.7. The van der Waals surface area contributed by atoms with Crippen LogP contribution < -0.4 is 25.8 Å². The molecule has 1 saturated heterocycles. The number of primary amides is 1. The number of sulfone groups is 1. The van der Waals surface area contributed by atoms with Crippen molar-refractivity contribution in [2.75, 3.05) is 44.8 Å². The van der Waals surface area contributed by atoms with E-state index in [9.17, 15) is 27.6 Å². The van der Waals surface area contributed by atoms with Gasteiger partial charge in [-0.05, 0) is 66.1 Å². The molecule has 0 bridgehead atoms. The van der Waals surface area contributed by atoms with E-state index in [1.807, 2.05) is 0 Å². The Balaban J connectivity index is 1.90. The standard InChI is InChI=1S/C32H36N4O9S/c1-18(37)34-22-10-12-27(46(5,41)42)24(17-22)29-23(32(40)45-4)13-14-36(29)31(39)28(19-9-11-25(43-2)26(16-19)44-3)35-21-8-6-7-20(15-21)30(33)38/h6-12,15-17,23,28-29,35H,13-14H2,1-5H3,(H2,33,38)(H,34,37)/t23-,28-,29+/m0/s1. The van der Waals surface area contributed by atoms with Crippen molar-refractivity contribution in [1.29, 1.82) is 0 Å². The number of benzene rings is 3. The molecular formula is C32H36N4O9S. The number of nitrogens with one attached hydrogen (secondary N) is 2. The van der Waals surface area contributed by atoms with E-state index in [1.54, 1.807) is 30.3 Å². The van der Waals surface area contributed by atoms with Gasteiger partial charge in [-0.25, -0.2) is 8.42 Å². The minimum atomic E-state index is -3.86. The van der Waals surface area contributed by atoms with E-state index in [-0.39, 0.29) is 34.7 Å². The van der Waals surface area contributed by atoms with Crippen LogP contribution in [0.2, 0.25) is 0 Å². The highest BCUT2D eigenvalue weighted by Gasteiger charge is 2.46. The molecule has 14 heteroatoms. The van der Waals surface area contributed by atoms with Gasteiger partial charge in [0.15, 0.2) is 21.3 Å². The molecule has 0 aliphatic carbocycles. The molecular weight excluding hydrogens is 616 g/mol. The third-order valence-corrected chi connectivity index (χ3v) is 8.85. The zero-order valence-corrected chi connectivity index (χ0v) is 26.8. The molecule has 0 saturated carbocycles. The van der Waals surface area contributed by atoms with E-state index in [0.29, 0.717) is 22.7 Å². The van der Waals surface area contributed by atoms with Crippen molar-refractivity contribution >= 4 is 44.9 Å². The van der Waals surface area contributed by atoms with E-state index in [2.05, 4.69) is 10.6 Å². The minimum Gasteiger partial charge on any atom is -0.493 e. The number of esters is 1. The van der Waals surface area contributed by atoms with Gasteiger partial charge in [0, 0.05) is 36.7 Å². The third kappa shape index (κ3) is 7.23. The van der Waals surface area contributed by atoms with Crippen molar-refractivity contribution in [3.8, 4) is 11.5 Å². The Morgan fingerprint density at radius 2 is 1.65 bits per heavy atom. The first kappa shape index (κ1) is 33.8. The zero-order chi connectivity index (χ0) is 33.8. The molecule has 3 amide bonds. The summed E-state index contributed by atoms with van der Waals surface area (Å²) < 4.78 is 41.9. The average Bonchev–Trinajstić information content (AvgIpc) is 3.47. The molecule has 1 aliphatic rings. The Kier molecular flexibility index (Phi) is 10.2. The second-order valence-electron chi connectivity index (χ2n) is 10.7. The molecule has 4 N–H and O–H groups in total. The predicted molar refractivity (Wildman–Crippen MR) is 169 cm³/mol. The van der Waals surface area contributed by atoms with Gasteiger partial charge in [-0.15, -0.1) is 0 Å². The minimum absolute atomic E-state index is 0.0730. The number of hydrogen-bond donors (Lipinski definition) is 3. The Bertz CT molecular complexity index is 1780. The Labute approximate surface area is 266 Å². The molecule has 1 heterocycles. The summed E-state index contributed by atoms with van der Waals surface area (Å²) in [7, 11) is 0.282. The summed E-state index contributed by atoms with van der Waals surface area (Å²) in [5, 5.41) is 5.82. The quantitative estimate of drug-likeness (QED) is 0.260. The van der Waals surface area contributed by atoms with E-state index in [1.165, 1.54) is 63.5 Å². The molecule has 1 aliphatic heterocycles. The van der Waals surface area contributed by atoms with Gasteiger partial charge in [0.2, 0.25) is 17.7 Å². The number of carbonyl (C=O) groups excluding carboxylic acids is 4. The van der Waals surface area contributed by atoms with Gasteiger partial charge in [-0.3, -0.25) is 19.2 Å². The Morgan fingerprint density at radius 3 is 2.26 bits per heavy atom. The van der Waals surface area contributed by atoms with Gasteiger partial charge in [-0.1, -0.05) is 12.1 Å². The Morgan fingerprint density at radius 1 is 0.935 bits per heavy atom. The third-order valence-electron chi connectivity index (χ3n) is 7.68. The van der Waals surface area contributed by atoms with Crippen LogP contribution >= 0.6 is 0 Å². The lowest BCUT2D eigenvalue weighted by molar-refractivity contribution is -0.147. The number of carbonyl (C=O) groups is 4. The highest BCUT2D eigenvalue weighted by atomic mass is 32.2. The Hall–Kier alpha value is -5.11. The largest absolute Gasteiger partial charge is 0.493 e. The van der Waals surface area contributed by atoms with Crippen LogP contribution in [0, 0.1) is 5.92 Å². The first-order chi connectivity index (χ1) is 21.8. The maximum Gasteiger partial charge on any atom is 0.311 e. The van der Waals surface area contributed by atoms with Gasteiger partial charge in [0.25, 0.3) is 0 Å². The lowest BCUT2D eigenvalue weighted by Crippen LogP contribution is -2.40. The fourth-order valence-electron chi connectivity index (χ4n) is 5.64. The molecule has 13 nitrogen and oxygen atoms in total. The molecule has 0 radical (unpaired) electrons. The highest BCUT2D eigenvalue weighted by Crippen LogP contribution is 2.44. The van der Waals surface area contributed by atoms with Crippen molar-refractivity contribution in [3.63, 3.8) is 0 Å². The van der Waals surface area contributed by atoms with Crippen molar-refractivity contribution < 1.29 is 41.8 Å². The number of methoxy groups -OCH3 is 3. The molecule has 3 atom stereocenters. The molecule has 4 rings (SSSR count). The number of nitrogens with zero attached hydrogens (tertiary/aromatic N) is 1. The summed E-state index contributed by atoms with van der Waals surface area (Å²) in [6.07, 6.45) is 1.20. The number of hydrogen-bond acceptors (Lipinski definition) is 10. The summed E-state index contributed by atoms with van der Waals surface area (Å²) in [6, 6.07) is 13.2. The van der Waals surface area contributed by atoms with Crippen LogP contribution in [0.15, 0.2) is 65.6 Å². The molecule has 0 spiro atoms. The van der Waals surface area contributed by atoms with Crippen LogP contribution in [0.5, 0.6) is 11.5 Å². The SMILES string of the molecule is COC(=O)[C@H]1CCN(C(=O)[C@@H](Nc2cccc(C(N)=O)c2)c2ccc(OC)c(OC)c2)[C@H]1c1cc(NC(C)=O)ccc1S(C)(=O)=O. The van der Waals surface area contributed by atoms with Crippen LogP contribution in [0.25, 0.3) is 0 Å². The number of nitrogens with two attached hydrogens (primary N) is 1. The highest BCUT2D eigenvalue weighted by molar-refractivity contribution is 7.90. The van der Waals surface area contributed by atoms with E-state index in [4.69, 9.17) is 19.9 Å². The fourth-order valence-corrected chi connectivity index (χ4v) is 6.56. The van der Waals surface area contributed by atoms with Crippen LogP contribution in [-0.4, -0.2) is 71.1 Å². The lowest BCUT2D eigenvalue weighted by Gasteiger charge is -2.33. The van der Waals surface area contributed by atoms with Gasteiger partial charge in [0.1, 0.15) is 6.04 Å². The summed E-state index contributed by atoms with van der Waals surface area (Å²) in [5.74, 6) is -2.36. The normalized spacial score (nSPS) is 16.7. The van der Waals surface area contributed by atoms with Crippen LogP contribution in [-0.2, 0) is 29.0 Å². The van der Waals surface area contributed by atoms with Gasteiger partial charge in [0.05, 0.1) is 38.2 Å². The van der Waals surface area contributed by atoms with E-state index in [0.717, 1.165) is 6.26 Å². The maximum atomic E-state index is 14.7. The summed E-state index contributed by atoms with van der Waals surface area (Å²) in [5.41, 5.74) is 6.98. The molecule has 46 heavy (non-hydrogen) atoms. The second-order valence-corrected chi connectivity index (χ2v) is 12.7. The first-order valence-corrected chi connectivity index (χ1v) is 16.1. The monoisotopic (exact) mass is 652 g/mol. The summed E-state index contributed by atoms with van der Waals surface area (Å²) in [4.78, 5) is 52.9. The molecule has 0 aromatic heterocycles. The molecule has 244 valence electrons. The second kappa shape index (κ2) is 13.9. The van der Waals surface area contributed by atoms with Crippen molar-refractivity contribution in [2.45, 2.75) is 30.3 Å². The van der Waals surface area contributed by atoms with Crippen LogP contribution in [0.1, 0.15) is 46.9 Å². The number of anilines is 2. The predicted octanol–water partition coefficient (Wildman–Crippen LogP) is 3.08. The smallest absolute Gasteiger partial charge is 0.311 e. The number of ether oxygens (including phenoxy) is 3. The molecule has 3 aromatic carbocycles. The number of amides is 3. The molecule has 3 aromatic rings. The number of likely N-dealkylation sites (tertiary alicyclic amines) is 1. The zero-order valence-electron chi connectivity index (χ0n) is 26.0. The van der Waals surface area contributed by atoms with Crippen molar-refractivity contribution in [2.24, 2.45) is 11.7 Å². The number of rotatable bonds is 11. The first-order valence-electron chi connectivity index (χ1n) is 14.2. The van der Waals surface area contributed by atoms with E-state index >= 15 is 0 Å². The van der Waals surface area contributed by atoms with Gasteiger partial charge in [-0.2, -0.15) is 0 Å². The summed E-state index contributed by atoms with van der Waals surface area (Å²) in [6.45, 7) is 1.38. The van der Waals surface area contributed by atoms with Crippen molar-refractivity contribution in [1.82, 2.24) is 4.90 Å². The fraction of sp³-hybridized carbons (Fsp3) is 0.312. The lowest BCUT2D eigenvalue weighted by atomic mass is 9.92. The topological polar surface area (TPSA) is 183 Å². The van der Waals surface area contributed by atoms with Crippen molar-refractivity contribution in [3.05, 3.63) is 77.4 Å². The van der Waals surface area contributed by atoms with E-state index < -0.39 is 51.5 Å². The van der Waals surface area contributed by atoms with Crippen LogP contribution in [0.3, 0.4) is 0 Å². The average molecular weight is 653 g/mol. The molecule has 1 fully saturated rings. The molecule has 0 unspecified atom stereocenters. The van der Waals surface area contributed by atoms with Crippen LogP contribution in [0.4, 0.5) is 11.4 Å². The van der Waals surface area contributed by atoms with Gasteiger partial charge < -0.3 is 35.5 Å². The van der Waals surface area contributed by atoms with Gasteiger partial charge >= 0.3 is 5.97 Å².